The number of para-hydroxylation sites is 1. The molecule has 124 valence electrons. The first-order valence-electron chi connectivity index (χ1n) is 8.12. The molecular formula is C19H20N2O3. The van der Waals surface area contributed by atoms with Crippen LogP contribution < -0.4 is 4.90 Å². The van der Waals surface area contributed by atoms with Crippen LogP contribution in [0, 0.1) is 11.3 Å². The summed E-state index contributed by atoms with van der Waals surface area (Å²) in [6, 6.07) is 7.57. The average Bonchev–Trinajstić information content (AvgIpc) is 2.80. The SMILES string of the molecule is CCOC(=O)/C(C#N)=C1\C(=O)N2c3c1cccc3C(C)CC2(C)C. The van der Waals surface area contributed by atoms with Crippen molar-refractivity contribution in [2.75, 3.05) is 11.5 Å². The van der Waals surface area contributed by atoms with E-state index in [9.17, 15) is 14.9 Å². The molecule has 1 atom stereocenters. The van der Waals surface area contributed by atoms with Crippen molar-refractivity contribution >= 4 is 23.1 Å². The van der Waals surface area contributed by atoms with E-state index in [0.717, 1.165) is 17.7 Å². The number of carbonyl (C=O) groups is 2. The minimum Gasteiger partial charge on any atom is -0.462 e. The lowest BCUT2D eigenvalue weighted by atomic mass is 9.80. The van der Waals surface area contributed by atoms with Gasteiger partial charge in [-0.15, -0.1) is 0 Å². The summed E-state index contributed by atoms with van der Waals surface area (Å²) in [5.74, 6) is -0.739. The number of anilines is 1. The molecule has 0 bridgehead atoms. The van der Waals surface area contributed by atoms with Crippen molar-refractivity contribution in [2.24, 2.45) is 0 Å². The molecule has 0 saturated carbocycles. The summed E-state index contributed by atoms with van der Waals surface area (Å²) in [6.07, 6.45) is 0.823. The smallest absolute Gasteiger partial charge is 0.349 e. The molecule has 3 rings (SSSR count). The van der Waals surface area contributed by atoms with Crippen molar-refractivity contribution in [1.29, 1.82) is 5.26 Å². The molecule has 1 amide bonds. The molecule has 0 N–H and O–H groups in total. The Balaban J connectivity index is 2.31. The van der Waals surface area contributed by atoms with Gasteiger partial charge in [-0.25, -0.2) is 4.79 Å². The lowest BCUT2D eigenvalue weighted by Crippen LogP contribution is -2.49. The van der Waals surface area contributed by atoms with Crippen molar-refractivity contribution in [3.63, 3.8) is 0 Å². The van der Waals surface area contributed by atoms with Crippen LogP contribution in [0.1, 0.15) is 51.2 Å². The number of nitrogens with zero attached hydrogens (tertiary/aromatic N) is 2. The number of ether oxygens (including phenoxy) is 1. The predicted molar refractivity (Wildman–Crippen MR) is 90.2 cm³/mol. The van der Waals surface area contributed by atoms with Gasteiger partial charge in [-0.1, -0.05) is 25.1 Å². The van der Waals surface area contributed by atoms with Crippen molar-refractivity contribution in [2.45, 2.75) is 45.6 Å². The van der Waals surface area contributed by atoms with Crippen LogP contribution in [-0.2, 0) is 14.3 Å². The molecule has 0 radical (unpaired) electrons. The van der Waals surface area contributed by atoms with Gasteiger partial charge in [0.25, 0.3) is 5.91 Å². The Morgan fingerprint density at radius 3 is 2.79 bits per heavy atom. The summed E-state index contributed by atoms with van der Waals surface area (Å²) in [5, 5.41) is 9.47. The van der Waals surface area contributed by atoms with Gasteiger partial charge in [-0.05, 0) is 38.7 Å². The van der Waals surface area contributed by atoms with Crippen LogP contribution in [0.4, 0.5) is 5.69 Å². The van der Waals surface area contributed by atoms with E-state index in [0.29, 0.717) is 11.5 Å². The largest absolute Gasteiger partial charge is 0.462 e. The van der Waals surface area contributed by atoms with Crippen LogP contribution in [0.25, 0.3) is 5.57 Å². The molecule has 2 aliphatic rings. The molecule has 2 aliphatic heterocycles. The molecule has 0 saturated heterocycles. The molecule has 0 fully saturated rings. The number of nitriles is 1. The molecule has 1 unspecified atom stereocenters. The van der Waals surface area contributed by atoms with Crippen molar-refractivity contribution < 1.29 is 14.3 Å². The van der Waals surface area contributed by atoms with E-state index in [4.69, 9.17) is 4.74 Å². The van der Waals surface area contributed by atoms with Crippen LogP contribution >= 0.6 is 0 Å². The third-order valence-corrected chi connectivity index (χ3v) is 4.76. The molecule has 1 aromatic carbocycles. The van der Waals surface area contributed by atoms with Crippen LogP contribution in [0.2, 0.25) is 0 Å². The molecule has 1 aromatic rings. The Morgan fingerprint density at radius 2 is 2.17 bits per heavy atom. The maximum atomic E-state index is 13.1. The Labute approximate surface area is 141 Å². The molecule has 0 aromatic heterocycles. The van der Waals surface area contributed by atoms with Gasteiger partial charge >= 0.3 is 5.97 Å². The van der Waals surface area contributed by atoms with Crippen LogP contribution in [-0.4, -0.2) is 24.0 Å². The van der Waals surface area contributed by atoms with Gasteiger partial charge < -0.3 is 9.64 Å². The summed E-state index contributed by atoms with van der Waals surface area (Å²) in [6.45, 7) is 7.99. The van der Waals surface area contributed by atoms with E-state index in [1.54, 1.807) is 17.9 Å². The fourth-order valence-corrected chi connectivity index (χ4v) is 3.92. The fraction of sp³-hybridized carbons (Fsp3) is 0.421. The van der Waals surface area contributed by atoms with Crippen LogP contribution in [0.3, 0.4) is 0 Å². The molecule has 0 spiro atoms. The molecule has 2 heterocycles. The lowest BCUT2D eigenvalue weighted by molar-refractivity contribution is -0.138. The van der Waals surface area contributed by atoms with Gasteiger partial charge in [0.1, 0.15) is 6.07 Å². The number of benzene rings is 1. The van der Waals surface area contributed by atoms with Gasteiger partial charge in [0.05, 0.1) is 17.9 Å². The average molecular weight is 324 g/mol. The second kappa shape index (κ2) is 5.48. The van der Waals surface area contributed by atoms with E-state index < -0.39 is 5.97 Å². The lowest BCUT2D eigenvalue weighted by Gasteiger charge is -2.43. The summed E-state index contributed by atoms with van der Waals surface area (Å²) in [7, 11) is 0. The second-order valence-corrected chi connectivity index (χ2v) is 6.88. The topological polar surface area (TPSA) is 70.4 Å². The molecule has 0 aliphatic carbocycles. The van der Waals surface area contributed by atoms with Crippen molar-refractivity contribution in [1.82, 2.24) is 0 Å². The van der Waals surface area contributed by atoms with Crippen LogP contribution in [0.5, 0.6) is 0 Å². The van der Waals surface area contributed by atoms with Gasteiger partial charge in [-0.2, -0.15) is 5.26 Å². The zero-order chi connectivity index (χ0) is 17.6. The van der Waals surface area contributed by atoms with Crippen molar-refractivity contribution in [3.05, 3.63) is 34.9 Å². The Morgan fingerprint density at radius 1 is 1.46 bits per heavy atom. The van der Waals surface area contributed by atoms with Gasteiger partial charge in [0.2, 0.25) is 0 Å². The van der Waals surface area contributed by atoms with E-state index in [1.165, 1.54) is 0 Å². The third kappa shape index (κ3) is 2.14. The summed E-state index contributed by atoms with van der Waals surface area (Å²) < 4.78 is 4.97. The predicted octanol–water partition coefficient (Wildman–Crippen LogP) is 3.16. The number of carbonyl (C=O) groups excluding carboxylic acids is 2. The normalized spacial score (nSPS) is 22.7. The minimum absolute atomic E-state index is 0.157. The standard InChI is InChI=1S/C19H20N2O3/c1-5-24-18(23)14(10-20)15-13-8-6-7-12-11(2)9-19(3,4)21(16(12)13)17(15)22/h6-8,11H,5,9H2,1-4H3/b15-14-. The van der Waals surface area contributed by atoms with E-state index in [2.05, 4.69) is 6.92 Å². The molecule has 24 heavy (non-hydrogen) atoms. The minimum atomic E-state index is -0.744. The molecular weight excluding hydrogens is 304 g/mol. The summed E-state index contributed by atoms with van der Waals surface area (Å²) in [5.41, 5.74) is 2.13. The first kappa shape index (κ1) is 16.3. The Bertz CT molecular complexity index is 814. The first-order valence-corrected chi connectivity index (χ1v) is 8.12. The number of hydrogen-bond donors (Lipinski definition) is 0. The zero-order valence-corrected chi connectivity index (χ0v) is 14.3. The van der Waals surface area contributed by atoms with Gasteiger partial charge in [0.15, 0.2) is 5.57 Å². The van der Waals surface area contributed by atoms with Gasteiger partial charge in [-0.3, -0.25) is 4.79 Å². The number of esters is 1. The Kier molecular flexibility index (Phi) is 3.71. The van der Waals surface area contributed by atoms with E-state index >= 15 is 0 Å². The monoisotopic (exact) mass is 324 g/mol. The van der Waals surface area contributed by atoms with Crippen molar-refractivity contribution in [3.8, 4) is 6.07 Å². The quantitative estimate of drug-likeness (QED) is 0.476. The zero-order valence-electron chi connectivity index (χ0n) is 14.3. The maximum Gasteiger partial charge on any atom is 0.349 e. The van der Waals surface area contributed by atoms with Gasteiger partial charge in [0, 0.05) is 11.1 Å². The highest BCUT2D eigenvalue weighted by molar-refractivity contribution is 6.37. The molecule has 5 nitrogen and oxygen atoms in total. The summed E-state index contributed by atoms with van der Waals surface area (Å²) in [4.78, 5) is 27.0. The third-order valence-electron chi connectivity index (χ3n) is 4.76. The highest BCUT2D eigenvalue weighted by Crippen LogP contribution is 2.52. The number of amides is 1. The fourth-order valence-electron chi connectivity index (χ4n) is 3.92. The first-order chi connectivity index (χ1) is 11.3. The Hall–Kier alpha value is -2.61. The highest BCUT2D eigenvalue weighted by Gasteiger charge is 2.48. The summed E-state index contributed by atoms with van der Waals surface area (Å²) >= 11 is 0. The number of rotatable bonds is 2. The number of hydrogen-bond acceptors (Lipinski definition) is 4. The van der Waals surface area contributed by atoms with Crippen LogP contribution in [0.15, 0.2) is 23.8 Å². The highest BCUT2D eigenvalue weighted by atomic mass is 16.5. The maximum absolute atomic E-state index is 13.1. The van der Waals surface area contributed by atoms with E-state index in [-0.39, 0.29) is 29.2 Å². The van der Waals surface area contributed by atoms with E-state index in [1.807, 2.05) is 32.0 Å². The molecule has 5 heteroatoms. The second-order valence-electron chi connectivity index (χ2n) is 6.88.